The Kier molecular flexibility index (Phi) is 3.08. The summed E-state index contributed by atoms with van der Waals surface area (Å²) in [5, 5.41) is 8.19. The Morgan fingerprint density at radius 3 is 2.25 bits per heavy atom. The monoisotopic (exact) mass is 167 g/mol. The van der Waals surface area contributed by atoms with Crippen LogP contribution in [0.1, 0.15) is 5.56 Å². The van der Waals surface area contributed by atoms with Gasteiger partial charge in [-0.3, -0.25) is 5.26 Å². The molecule has 0 aliphatic rings. The van der Waals surface area contributed by atoms with Crippen LogP contribution in [0.5, 0.6) is 0 Å². The summed E-state index contributed by atoms with van der Waals surface area (Å²) in [6.45, 7) is 0.244. The fraction of sp³-hybridized carbons (Fsp3) is 0.333. The Balaban J connectivity index is 2.71. The molecule has 66 valence electrons. The van der Waals surface area contributed by atoms with E-state index in [9.17, 15) is 0 Å². The number of nitrogens with zero attached hydrogens (tertiary/aromatic N) is 1. The SMILES string of the molecule is CN(C)c1ccc(COO)cc1. The van der Waals surface area contributed by atoms with Gasteiger partial charge in [0.05, 0.1) is 0 Å². The van der Waals surface area contributed by atoms with Gasteiger partial charge in [-0.05, 0) is 17.7 Å². The smallest absolute Gasteiger partial charge is 0.107 e. The second-order valence-electron chi connectivity index (χ2n) is 2.83. The second kappa shape index (κ2) is 4.09. The van der Waals surface area contributed by atoms with Gasteiger partial charge < -0.3 is 4.90 Å². The molecule has 1 N–H and O–H groups in total. The number of rotatable bonds is 3. The quantitative estimate of drug-likeness (QED) is 0.549. The molecule has 0 saturated heterocycles. The largest absolute Gasteiger partial charge is 0.378 e. The topological polar surface area (TPSA) is 32.7 Å². The van der Waals surface area contributed by atoms with Gasteiger partial charge in [-0.25, -0.2) is 4.89 Å². The lowest BCUT2D eigenvalue weighted by molar-refractivity contribution is -0.253. The van der Waals surface area contributed by atoms with E-state index in [-0.39, 0.29) is 6.61 Å². The summed E-state index contributed by atoms with van der Waals surface area (Å²) in [6, 6.07) is 7.81. The van der Waals surface area contributed by atoms with Crippen molar-refractivity contribution in [2.24, 2.45) is 0 Å². The fourth-order valence-corrected chi connectivity index (χ4v) is 0.965. The predicted octanol–water partition coefficient (Wildman–Crippen LogP) is 1.74. The molecular formula is C9H13NO2. The molecule has 3 nitrogen and oxygen atoms in total. The lowest BCUT2D eigenvalue weighted by Gasteiger charge is -2.12. The van der Waals surface area contributed by atoms with Crippen molar-refractivity contribution >= 4 is 5.69 Å². The van der Waals surface area contributed by atoms with Crippen LogP contribution in [-0.2, 0) is 11.5 Å². The third-order valence-electron chi connectivity index (χ3n) is 1.68. The van der Waals surface area contributed by atoms with Crippen LogP contribution in [-0.4, -0.2) is 19.4 Å². The highest BCUT2D eigenvalue weighted by molar-refractivity contribution is 5.45. The van der Waals surface area contributed by atoms with Crippen LogP contribution in [0, 0.1) is 0 Å². The van der Waals surface area contributed by atoms with E-state index in [0.29, 0.717) is 0 Å². The minimum absolute atomic E-state index is 0.244. The zero-order valence-electron chi connectivity index (χ0n) is 7.32. The number of benzene rings is 1. The minimum Gasteiger partial charge on any atom is -0.378 e. The normalized spacial score (nSPS) is 9.92. The highest BCUT2D eigenvalue weighted by Crippen LogP contribution is 2.12. The molecule has 0 amide bonds. The molecule has 0 bridgehead atoms. The number of hydrogen-bond donors (Lipinski definition) is 1. The van der Waals surface area contributed by atoms with Gasteiger partial charge in [-0.2, -0.15) is 0 Å². The molecule has 0 unspecified atom stereocenters. The van der Waals surface area contributed by atoms with Crippen molar-refractivity contribution < 1.29 is 10.1 Å². The summed E-state index contributed by atoms with van der Waals surface area (Å²) >= 11 is 0. The van der Waals surface area contributed by atoms with Crippen molar-refractivity contribution in [1.82, 2.24) is 0 Å². The highest BCUT2D eigenvalue weighted by Gasteiger charge is 1.95. The van der Waals surface area contributed by atoms with Crippen molar-refractivity contribution in [2.45, 2.75) is 6.61 Å². The Morgan fingerprint density at radius 1 is 1.25 bits per heavy atom. The van der Waals surface area contributed by atoms with Crippen LogP contribution in [0.3, 0.4) is 0 Å². The molecule has 0 spiro atoms. The highest BCUT2D eigenvalue weighted by atomic mass is 17.1. The molecule has 12 heavy (non-hydrogen) atoms. The maximum atomic E-state index is 8.19. The van der Waals surface area contributed by atoms with Crippen molar-refractivity contribution in [3.05, 3.63) is 29.8 Å². The first-order valence-electron chi connectivity index (χ1n) is 3.76. The van der Waals surface area contributed by atoms with Crippen molar-refractivity contribution in [3.8, 4) is 0 Å². The third-order valence-corrected chi connectivity index (χ3v) is 1.68. The van der Waals surface area contributed by atoms with Gasteiger partial charge in [0.1, 0.15) is 6.61 Å². The number of anilines is 1. The molecule has 1 aromatic carbocycles. The molecule has 0 fully saturated rings. The van der Waals surface area contributed by atoms with Crippen LogP contribution in [0.2, 0.25) is 0 Å². The first-order valence-corrected chi connectivity index (χ1v) is 3.76. The lowest BCUT2D eigenvalue weighted by Crippen LogP contribution is -2.08. The summed E-state index contributed by atoms with van der Waals surface area (Å²) in [6.07, 6.45) is 0. The molecule has 0 aromatic heterocycles. The van der Waals surface area contributed by atoms with E-state index in [2.05, 4.69) is 4.89 Å². The van der Waals surface area contributed by atoms with Crippen LogP contribution in [0.25, 0.3) is 0 Å². The zero-order chi connectivity index (χ0) is 8.97. The van der Waals surface area contributed by atoms with Crippen LogP contribution in [0.4, 0.5) is 5.69 Å². The molecular weight excluding hydrogens is 154 g/mol. The second-order valence-corrected chi connectivity index (χ2v) is 2.83. The van der Waals surface area contributed by atoms with Gasteiger partial charge in [0, 0.05) is 19.8 Å². The van der Waals surface area contributed by atoms with Gasteiger partial charge in [0.15, 0.2) is 0 Å². The summed E-state index contributed by atoms with van der Waals surface area (Å²) in [5.41, 5.74) is 2.10. The van der Waals surface area contributed by atoms with E-state index in [1.807, 2.05) is 43.3 Å². The fourth-order valence-electron chi connectivity index (χ4n) is 0.965. The standard InChI is InChI=1S/C9H13NO2/c1-10(2)9-5-3-8(4-6-9)7-12-11/h3-6,11H,7H2,1-2H3. The predicted molar refractivity (Wildman–Crippen MR) is 48.2 cm³/mol. The van der Waals surface area contributed by atoms with Crippen LogP contribution >= 0.6 is 0 Å². The molecule has 0 aliphatic carbocycles. The van der Waals surface area contributed by atoms with Gasteiger partial charge in [-0.15, -0.1) is 0 Å². The van der Waals surface area contributed by atoms with Gasteiger partial charge in [0.25, 0.3) is 0 Å². The third kappa shape index (κ3) is 2.22. The van der Waals surface area contributed by atoms with E-state index in [0.717, 1.165) is 11.3 Å². The molecule has 0 heterocycles. The van der Waals surface area contributed by atoms with Gasteiger partial charge in [-0.1, -0.05) is 12.1 Å². The van der Waals surface area contributed by atoms with E-state index in [1.54, 1.807) is 0 Å². The van der Waals surface area contributed by atoms with Crippen molar-refractivity contribution in [2.75, 3.05) is 19.0 Å². The molecule has 1 rings (SSSR count). The number of hydrogen-bond acceptors (Lipinski definition) is 3. The molecule has 3 heteroatoms. The summed E-state index contributed by atoms with van der Waals surface area (Å²) in [7, 11) is 3.97. The zero-order valence-corrected chi connectivity index (χ0v) is 7.32. The molecule has 0 aliphatic heterocycles. The molecule has 0 saturated carbocycles. The summed E-state index contributed by atoms with van der Waals surface area (Å²) in [5.74, 6) is 0. The maximum absolute atomic E-state index is 8.19. The van der Waals surface area contributed by atoms with Gasteiger partial charge >= 0.3 is 0 Å². The van der Waals surface area contributed by atoms with E-state index >= 15 is 0 Å². The van der Waals surface area contributed by atoms with E-state index in [4.69, 9.17) is 5.26 Å². The first kappa shape index (κ1) is 9.03. The first-order chi connectivity index (χ1) is 5.74. The Bertz CT molecular complexity index is 231. The molecule has 1 aromatic rings. The average Bonchev–Trinajstić information content (AvgIpc) is 2.06. The molecule has 0 atom stereocenters. The van der Waals surface area contributed by atoms with E-state index < -0.39 is 0 Å². The Morgan fingerprint density at radius 2 is 1.83 bits per heavy atom. The Labute approximate surface area is 72.1 Å². The maximum Gasteiger partial charge on any atom is 0.107 e. The molecule has 0 radical (unpaired) electrons. The lowest BCUT2D eigenvalue weighted by atomic mass is 10.2. The Hall–Kier alpha value is -1.06. The van der Waals surface area contributed by atoms with Crippen LogP contribution in [0.15, 0.2) is 24.3 Å². The van der Waals surface area contributed by atoms with E-state index in [1.165, 1.54) is 0 Å². The summed E-state index contributed by atoms with van der Waals surface area (Å²) < 4.78 is 0. The summed E-state index contributed by atoms with van der Waals surface area (Å²) in [4.78, 5) is 6.03. The van der Waals surface area contributed by atoms with Crippen LogP contribution < -0.4 is 4.90 Å². The minimum atomic E-state index is 0.244. The average molecular weight is 167 g/mol. The van der Waals surface area contributed by atoms with Gasteiger partial charge in [0.2, 0.25) is 0 Å². The van der Waals surface area contributed by atoms with Crippen molar-refractivity contribution in [3.63, 3.8) is 0 Å². The van der Waals surface area contributed by atoms with Crippen molar-refractivity contribution in [1.29, 1.82) is 0 Å².